The molecule has 0 bridgehead atoms. The van der Waals surface area contributed by atoms with Crippen LogP contribution in [0.1, 0.15) is 57.8 Å². The van der Waals surface area contributed by atoms with E-state index in [1.807, 2.05) is 38.7 Å². The molecule has 1 N–H and O–H groups in total. The van der Waals surface area contributed by atoms with Crippen LogP contribution in [0.2, 0.25) is 0 Å². The van der Waals surface area contributed by atoms with Crippen LogP contribution in [0, 0.1) is 5.41 Å². The Hall–Kier alpha value is -2.11. The molecule has 3 rings (SSSR count). The fraction of sp³-hybridized carbons (Fsp3) is 0.611. The number of H-pyrrole nitrogens is 1. The number of amides is 1. The van der Waals surface area contributed by atoms with Crippen LogP contribution >= 0.6 is 0 Å². The minimum atomic E-state index is -0.364. The second-order valence-electron chi connectivity index (χ2n) is 7.68. The third-order valence-electron chi connectivity index (χ3n) is 4.68. The van der Waals surface area contributed by atoms with Gasteiger partial charge in [-0.25, -0.2) is 9.50 Å². The Bertz CT molecular complexity index is 813. The van der Waals surface area contributed by atoms with Crippen molar-refractivity contribution in [2.24, 2.45) is 5.41 Å². The lowest BCUT2D eigenvalue weighted by Crippen LogP contribution is -2.44. The smallest absolute Gasteiger partial charge is 0.272 e. The molecular weight excluding hydrogens is 304 g/mol. The van der Waals surface area contributed by atoms with Crippen molar-refractivity contribution in [2.45, 2.75) is 52.9 Å². The predicted octanol–water partition coefficient (Wildman–Crippen LogP) is 2.34. The van der Waals surface area contributed by atoms with Gasteiger partial charge >= 0.3 is 0 Å². The van der Waals surface area contributed by atoms with Gasteiger partial charge in [-0.3, -0.25) is 14.7 Å². The first kappa shape index (κ1) is 16.7. The number of carbonyl (C=O) groups excluding carboxylic acids is 1. The fourth-order valence-corrected chi connectivity index (χ4v) is 3.34. The first-order valence-electron chi connectivity index (χ1n) is 8.70. The van der Waals surface area contributed by atoms with Gasteiger partial charge < -0.3 is 4.90 Å². The van der Waals surface area contributed by atoms with Gasteiger partial charge in [0.05, 0.1) is 0 Å². The molecule has 2 aromatic heterocycles. The molecule has 130 valence electrons. The lowest BCUT2D eigenvalue weighted by Gasteiger charge is -2.36. The summed E-state index contributed by atoms with van der Waals surface area (Å²) in [4.78, 5) is 31.2. The summed E-state index contributed by atoms with van der Waals surface area (Å²) in [6, 6.07) is 3.53. The van der Waals surface area contributed by atoms with Crippen LogP contribution in [0.4, 0.5) is 0 Å². The summed E-state index contributed by atoms with van der Waals surface area (Å²) in [5.74, 6) is 0.406. The largest absolute Gasteiger partial charge is 0.342 e. The summed E-state index contributed by atoms with van der Waals surface area (Å²) in [5, 5.41) is 3.19. The van der Waals surface area contributed by atoms with Crippen molar-refractivity contribution in [2.75, 3.05) is 13.1 Å². The van der Waals surface area contributed by atoms with Crippen LogP contribution in [0.5, 0.6) is 0 Å². The molecule has 1 fully saturated rings. The van der Waals surface area contributed by atoms with E-state index in [4.69, 9.17) is 0 Å². The van der Waals surface area contributed by atoms with Crippen molar-refractivity contribution in [3.8, 4) is 0 Å². The number of aromatic amines is 1. The first-order valence-corrected chi connectivity index (χ1v) is 8.70. The Morgan fingerprint density at radius 3 is 2.79 bits per heavy atom. The minimum absolute atomic E-state index is 0.0819. The van der Waals surface area contributed by atoms with Crippen LogP contribution in [0.3, 0.4) is 0 Å². The van der Waals surface area contributed by atoms with Gasteiger partial charge in [0.25, 0.3) is 5.56 Å². The number of likely N-dealkylation sites (tertiary alicyclic amines) is 1. The van der Waals surface area contributed by atoms with Gasteiger partial charge in [0.15, 0.2) is 5.65 Å². The van der Waals surface area contributed by atoms with E-state index in [1.165, 1.54) is 4.52 Å². The molecule has 0 unspecified atom stereocenters. The number of aromatic nitrogens is 3. The maximum absolute atomic E-state index is 12.6. The number of nitrogens with one attached hydrogen (secondary N) is 1. The summed E-state index contributed by atoms with van der Waals surface area (Å²) in [7, 11) is 0. The number of aryl methyl sites for hydroxylation is 1. The molecular formula is C18H26N4O2. The third-order valence-corrected chi connectivity index (χ3v) is 4.68. The summed E-state index contributed by atoms with van der Waals surface area (Å²) in [6.07, 6.45) is 2.73. The maximum Gasteiger partial charge on any atom is 0.272 e. The summed E-state index contributed by atoms with van der Waals surface area (Å²) >= 11 is 0. The van der Waals surface area contributed by atoms with Crippen molar-refractivity contribution in [1.29, 1.82) is 0 Å². The average Bonchev–Trinajstić information content (AvgIpc) is 2.98. The lowest BCUT2D eigenvalue weighted by atomic mass is 9.90. The average molecular weight is 330 g/mol. The predicted molar refractivity (Wildman–Crippen MR) is 93.2 cm³/mol. The standard InChI is InChI=1S/C18H26N4O2/c1-5-13-9-16(23)22-15(19-13)10-14(20-22)12-7-6-8-21(11-12)17(24)18(2,3)4/h9-10,12,20H,5-8,11H2,1-4H3/t12-/m0/s1. The Labute approximate surface area is 141 Å². The quantitative estimate of drug-likeness (QED) is 0.919. The Kier molecular flexibility index (Phi) is 4.24. The van der Waals surface area contributed by atoms with Crippen LogP contribution < -0.4 is 5.56 Å². The highest BCUT2D eigenvalue weighted by atomic mass is 16.2. The lowest BCUT2D eigenvalue weighted by molar-refractivity contribution is -0.140. The van der Waals surface area contributed by atoms with Crippen molar-refractivity contribution < 1.29 is 4.79 Å². The molecule has 1 aliphatic heterocycles. The number of rotatable bonds is 2. The zero-order valence-electron chi connectivity index (χ0n) is 14.9. The number of carbonyl (C=O) groups is 1. The van der Waals surface area contributed by atoms with E-state index in [2.05, 4.69) is 10.1 Å². The molecule has 1 aliphatic rings. The minimum Gasteiger partial charge on any atom is -0.342 e. The van der Waals surface area contributed by atoms with E-state index in [1.54, 1.807) is 6.07 Å². The van der Waals surface area contributed by atoms with Gasteiger partial charge in [-0.1, -0.05) is 27.7 Å². The van der Waals surface area contributed by atoms with E-state index in [0.29, 0.717) is 12.2 Å². The molecule has 6 heteroatoms. The number of nitrogens with zero attached hydrogens (tertiary/aromatic N) is 3. The molecule has 1 saturated heterocycles. The van der Waals surface area contributed by atoms with Gasteiger partial charge in [0, 0.05) is 47.9 Å². The zero-order valence-corrected chi connectivity index (χ0v) is 14.9. The molecule has 0 aromatic carbocycles. The first-order chi connectivity index (χ1) is 11.3. The summed E-state index contributed by atoms with van der Waals surface area (Å²) in [5.41, 5.74) is 2.00. The Morgan fingerprint density at radius 1 is 1.38 bits per heavy atom. The zero-order chi connectivity index (χ0) is 17.5. The highest BCUT2D eigenvalue weighted by molar-refractivity contribution is 5.81. The van der Waals surface area contributed by atoms with E-state index in [-0.39, 0.29) is 22.8 Å². The Balaban J connectivity index is 1.89. The number of hydrogen-bond acceptors (Lipinski definition) is 3. The van der Waals surface area contributed by atoms with Gasteiger partial charge in [0.1, 0.15) is 0 Å². The topological polar surface area (TPSA) is 70.5 Å². The van der Waals surface area contributed by atoms with Crippen LogP contribution in [0.15, 0.2) is 16.9 Å². The fourth-order valence-electron chi connectivity index (χ4n) is 3.34. The molecule has 24 heavy (non-hydrogen) atoms. The molecule has 6 nitrogen and oxygen atoms in total. The van der Waals surface area contributed by atoms with Crippen molar-refractivity contribution in [1.82, 2.24) is 19.5 Å². The monoisotopic (exact) mass is 330 g/mol. The normalized spacial score (nSPS) is 19.0. The molecule has 3 heterocycles. The summed E-state index contributed by atoms with van der Waals surface area (Å²) in [6.45, 7) is 9.36. The van der Waals surface area contributed by atoms with Gasteiger partial charge in [-0.15, -0.1) is 0 Å². The molecule has 0 aliphatic carbocycles. The van der Waals surface area contributed by atoms with E-state index >= 15 is 0 Å². The second kappa shape index (κ2) is 6.07. The molecule has 0 spiro atoms. The van der Waals surface area contributed by atoms with Crippen LogP contribution in [0.25, 0.3) is 5.65 Å². The number of piperidine rings is 1. The van der Waals surface area contributed by atoms with E-state index < -0.39 is 0 Å². The molecule has 1 amide bonds. The van der Waals surface area contributed by atoms with E-state index in [9.17, 15) is 9.59 Å². The van der Waals surface area contributed by atoms with Gasteiger partial charge in [-0.05, 0) is 19.3 Å². The maximum atomic E-state index is 12.6. The highest BCUT2D eigenvalue weighted by Crippen LogP contribution is 2.29. The summed E-state index contributed by atoms with van der Waals surface area (Å²) < 4.78 is 1.50. The third kappa shape index (κ3) is 3.09. The molecule has 1 atom stereocenters. The SMILES string of the molecule is CCc1cc(=O)n2[nH]c([C@H]3CCCN(C(=O)C(C)(C)C)C3)cc2n1. The molecule has 0 radical (unpaired) electrons. The van der Waals surface area contributed by atoms with Gasteiger partial charge in [-0.2, -0.15) is 0 Å². The number of hydrogen-bond donors (Lipinski definition) is 1. The van der Waals surface area contributed by atoms with Gasteiger partial charge in [0.2, 0.25) is 5.91 Å². The van der Waals surface area contributed by atoms with E-state index in [0.717, 1.165) is 37.2 Å². The highest BCUT2D eigenvalue weighted by Gasteiger charge is 2.32. The van der Waals surface area contributed by atoms with Crippen molar-refractivity contribution >= 4 is 11.6 Å². The molecule has 0 saturated carbocycles. The number of fused-ring (bicyclic) bond motifs is 1. The van der Waals surface area contributed by atoms with Crippen molar-refractivity contribution in [3.05, 3.63) is 33.9 Å². The molecule has 2 aromatic rings. The van der Waals surface area contributed by atoms with Crippen LogP contribution in [-0.2, 0) is 11.2 Å². The Morgan fingerprint density at radius 2 is 2.12 bits per heavy atom. The van der Waals surface area contributed by atoms with Crippen molar-refractivity contribution in [3.63, 3.8) is 0 Å². The van der Waals surface area contributed by atoms with Crippen LogP contribution in [-0.4, -0.2) is 38.5 Å². The second-order valence-corrected chi connectivity index (χ2v) is 7.68.